The lowest BCUT2D eigenvalue weighted by molar-refractivity contribution is -0.0340. The number of nitrogens with one attached hydrogen (secondary N) is 2. The van der Waals surface area contributed by atoms with Crippen LogP contribution in [0, 0.1) is 5.92 Å². The lowest BCUT2D eigenvalue weighted by Gasteiger charge is -2.38. The molecule has 5 heteroatoms. The highest BCUT2D eigenvalue weighted by Gasteiger charge is 2.36. The third kappa shape index (κ3) is 5.15. The summed E-state index contributed by atoms with van der Waals surface area (Å²) in [5.74, 6) is 0.432. The Labute approximate surface area is 127 Å². The van der Waals surface area contributed by atoms with Gasteiger partial charge in [0.05, 0.1) is 5.60 Å². The fourth-order valence-electron chi connectivity index (χ4n) is 3.16. The van der Waals surface area contributed by atoms with Crippen molar-refractivity contribution in [2.24, 2.45) is 5.92 Å². The standard InChI is InChI=1S/C16H30N2O3/c1-15(2,3)21-14(19)17-10-12-6-4-7-13(12)18-11-16(20)8-5-9-16/h12-13,18,20H,4-11H2,1-3H3,(H,17,19). The molecule has 2 unspecified atom stereocenters. The van der Waals surface area contributed by atoms with Crippen LogP contribution in [0.2, 0.25) is 0 Å². The maximum atomic E-state index is 11.7. The molecule has 2 saturated carbocycles. The minimum absolute atomic E-state index is 0.342. The van der Waals surface area contributed by atoms with Crippen molar-refractivity contribution in [3.8, 4) is 0 Å². The smallest absolute Gasteiger partial charge is 0.407 e. The van der Waals surface area contributed by atoms with Crippen LogP contribution in [-0.4, -0.2) is 41.5 Å². The molecule has 0 aromatic carbocycles. The van der Waals surface area contributed by atoms with Gasteiger partial charge in [0, 0.05) is 19.1 Å². The van der Waals surface area contributed by atoms with Crippen LogP contribution in [0.5, 0.6) is 0 Å². The molecule has 21 heavy (non-hydrogen) atoms. The second-order valence-corrected chi connectivity index (χ2v) is 7.64. The molecule has 122 valence electrons. The van der Waals surface area contributed by atoms with Crippen molar-refractivity contribution in [2.45, 2.75) is 76.5 Å². The first kappa shape index (κ1) is 16.6. The molecule has 1 amide bonds. The predicted molar refractivity (Wildman–Crippen MR) is 82.2 cm³/mol. The van der Waals surface area contributed by atoms with Crippen molar-refractivity contribution in [1.29, 1.82) is 0 Å². The average Bonchev–Trinajstić information content (AvgIpc) is 2.77. The molecule has 0 aromatic rings. The molecule has 0 bridgehead atoms. The molecule has 2 aliphatic rings. The average molecular weight is 298 g/mol. The summed E-state index contributed by atoms with van der Waals surface area (Å²) in [5, 5.41) is 16.5. The van der Waals surface area contributed by atoms with Gasteiger partial charge in [0.25, 0.3) is 0 Å². The van der Waals surface area contributed by atoms with Gasteiger partial charge in [0.15, 0.2) is 0 Å². The molecule has 2 atom stereocenters. The highest BCUT2D eigenvalue weighted by atomic mass is 16.6. The highest BCUT2D eigenvalue weighted by Crippen LogP contribution is 2.32. The summed E-state index contributed by atoms with van der Waals surface area (Å²) in [7, 11) is 0. The monoisotopic (exact) mass is 298 g/mol. The number of hydrogen-bond donors (Lipinski definition) is 3. The zero-order chi connectivity index (χ0) is 15.5. The minimum Gasteiger partial charge on any atom is -0.444 e. The number of rotatable bonds is 5. The third-order valence-electron chi connectivity index (χ3n) is 4.54. The van der Waals surface area contributed by atoms with E-state index < -0.39 is 11.2 Å². The summed E-state index contributed by atoms with van der Waals surface area (Å²) < 4.78 is 5.26. The summed E-state index contributed by atoms with van der Waals surface area (Å²) >= 11 is 0. The van der Waals surface area contributed by atoms with Gasteiger partial charge in [-0.25, -0.2) is 4.79 Å². The zero-order valence-corrected chi connectivity index (χ0v) is 13.6. The number of carbonyl (C=O) groups is 1. The van der Waals surface area contributed by atoms with Crippen LogP contribution in [0.1, 0.15) is 59.3 Å². The molecular formula is C16H30N2O3. The molecular weight excluding hydrogens is 268 g/mol. The van der Waals surface area contributed by atoms with E-state index in [0.29, 0.717) is 25.0 Å². The van der Waals surface area contributed by atoms with Crippen molar-refractivity contribution in [2.75, 3.05) is 13.1 Å². The van der Waals surface area contributed by atoms with Crippen LogP contribution in [-0.2, 0) is 4.74 Å². The zero-order valence-electron chi connectivity index (χ0n) is 13.6. The first-order valence-corrected chi connectivity index (χ1v) is 8.20. The van der Waals surface area contributed by atoms with Crippen molar-refractivity contribution < 1.29 is 14.6 Å². The molecule has 0 aliphatic heterocycles. The lowest BCUT2D eigenvalue weighted by Crippen LogP contribution is -2.50. The summed E-state index contributed by atoms with van der Waals surface area (Å²) in [5.41, 5.74) is -0.934. The van der Waals surface area contributed by atoms with E-state index in [1.807, 2.05) is 20.8 Å². The van der Waals surface area contributed by atoms with E-state index in [1.54, 1.807) is 0 Å². The summed E-state index contributed by atoms with van der Waals surface area (Å²) in [4.78, 5) is 11.7. The number of alkyl carbamates (subject to hydrolysis) is 1. The maximum Gasteiger partial charge on any atom is 0.407 e. The van der Waals surface area contributed by atoms with Crippen molar-refractivity contribution in [3.63, 3.8) is 0 Å². The molecule has 3 N–H and O–H groups in total. The van der Waals surface area contributed by atoms with Gasteiger partial charge in [0.2, 0.25) is 0 Å². The number of carbonyl (C=O) groups excluding carboxylic acids is 1. The van der Waals surface area contributed by atoms with Crippen molar-refractivity contribution in [1.82, 2.24) is 10.6 Å². The van der Waals surface area contributed by atoms with Crippen molar-refractivity contribution >= 4 is 6.09 Å². The Balaban J connectivity index is 1.70. The van der Waals surface area contributed by atoms with E-state index in [1.165, 1.54) is 6.42 Å². The quantitative estimate of drug-likeness (QED) is 0.727. The van der Waals surface area contributed by atoms with Gasteiger partial charge in [0.1, 0.15) is 5.60 Å². The van der Waals surface area contributed by atoms with E-state index in [0.717, 1.165) is 32.1 Å². The van der Waals surface area contributed by atoms with E-state index in [9.17, 15) is 9.90 Å². The van der Waals surface area contributed by atoms with Crippen LogP contribution in [0.25, 0.3) is 0 Å². The van der Waals surface area contributed by atoms with E-state index in [4.69, 9.17) is 4.74 Å². The van der Waals surface area contributed by atoms with E-state index in [2.05, 4.69) is 10.6 Å². The number of aliphatic hydroxyl groups is 1. The number of hydrogen-bond acceptors (Lipinski definition) is 4. The Kier molecular flexibility index (Phi) is 5.15. The van der Waals surface area contributed by atoms with Gasteiger partial charge in [-0.1, -0.05) is 6.42 Å². The third-order valence-corrected chi connectivity index (χ3v) is 4.54. The van der Waals surface area contributed by atoms with Crippen LogP contribution in [0.3, 0.4) is 0 Å². The van der Waals surface area contributed by atoms with Gasteiger partial charge >= 0.3 is 6.09 Å². The summed E-state index contributed by atoms with van der Waals surface area (Å²) in [6.07, 6.45) is 6.03. The Morgan fingerprint density at radius 3 is 2.57 bits per heavy atom. The largest absolute Gasteiger partial charge is 0.444 e. The molecule has 0 heterocycles. The topological polar surface area (TPSA) is 70.6 Å². The molecule has 0 saturated heterocycles. The van der Waals surface area contributed by atoms with Crippen LogP contribution in [0.15, 0.2) is 0 Å². The Morgan fingerprint density at radius 2 is 2.00 bits per heavy atom. The number of ether oxygens (including phenoxy) is 1. The van der Waals surface area contributed by atoms with Gasteiger partial charge in [-0.3, -0.25) is 0 Å². The normalized spacial score (nSPS) is 28.0. The molecule has 0 aromatic heterocycles. The molecule has 2 aliphatic carbocycles. The van der Waals surface area contributed by atoms with Gasteiger partial charge in [-0.2, -0.15) is 0 Å². The molecule has 0 spiro atoms. The van der Waals surface area contributed by atoms with Crippen molar-refractivity contribution in [3.05, 3.63) is 0 Å². The molecule has 5 nitrogen and oxygen atoms in total. The second kappa shape index (κ2) is 6.53. The Morgan fingerprint density at radius 1 is 1.29 bits per heavy atom. The maximum absolute atomic E-state index is 11.7. The van der Waals surface area contributed by atoms with Gasteiger partial charge in [-0.05, 0) is 58.8 Å². The Hall–Kier alpha value is -0.810. The fourth-order valence-corrected chi connectivity index (χ4v) is 3.16. The lowest BCUT2D eigenvalue weighted by atomic mass is 9.80. The fraction of sp³-hybridized carbons (Fsp3) is 0.938. The van der Waals surface area contributed by atoms with Crippen LogP contribution < -0.4 is 10.6 Å². The summed E-state index contributed by atoms with van der Waals surface area (Å²) in [6, 6.07) is 0.393. The first-order chi connectivity index (χ1) is 9.77. The van der Waals surface area contributed by atoms with Crippen LogP contribution in [0.4, 0.5) is 4.79 Å². The summed E-state index contributed by atoms with van der Waals surface area (Å²) in [6.45, 7) is 6.93. The van der Waals surface area contributed by atoms with Gasteiger partial charge < -0.3 is 20.5 Å². The van der Waals surface area contributed by atoms with E-state index in [-0.39, 0.29) is 6.09 Å². The SMILES string of the molecule is CC(C)(C)OC(=O)NCC1CCCC1NCC1(O)CCC1. The van der Waals surface area contributed by atoms with Crippen LogP contribution >= 0.6 is 0 Å². The molecule has 0 radical (unpaired) electrons. The molecule has 2 fully saturated rings. The highest BCUT2D eigenvalue weighted by molar-refractivity contribution is 5.67. The minimum atomic E-state index is -0.480. The predicted octanol–water partition coefficient (Wildman–Crippen LogP) is 2.18. The van der Waals surface area contributed by atoms with E-state index >= 15 is 0 Å². The number of amides is 1. The van der Waals surface area contributed by atoms with Gasteiger partial charge in [-0.15, -0.1) is 0 Å². The first-order valence-electron chi connectivity index (χ1n) is 8.20. The second-order valence-electron chi connectivity index (χ2n) is 7.64. The Bertz CT molecular complexity index is 361. The molecule has 2 rings (SSSR count).